The summed E-state index contributed by atoms with van der Waals surface area (Å²) in [5.41, 5.74) is 2.71. The van der Waals surface area contributed by atoms with Gasteiger partial charge in [-0.15, -0.1) is 11.3 Å². The lowest BCUT2D eigenvalue weighted by Crippen LogP contribution is -2.41. The molecule has 8 heteroatoms. The van der Waals surface area contributed by atoms with Gasteiger partial charge in [0.2, 0.25) is 10.0 Å². The average Bonchev–Trinajstić information content (AvgIpc) is 3.10. The molecule has 134 valence electrons. The molecule has 1 saturated heterocycles. The van der Waals surface area contributed by atoms with Crippen molar-refractivity contribution in [2.24, 2.45) is 0 Å². The number of thiophene rings is 1. The van der Waals surface area contributed by atoms with E-state index < -0.39 is 15.9 Å². The van der Waals surface area contributed by atoms with Crippen molar-refractivity contribution in [3.05, 3.63) is 45.6 Å². The van der Waals surface area contributed by atoms with E-state index in [1.807, 2.05) is 32.0 Å². The van der Waals surface area contributed by atoms with Crippen molar-refractivity contribution >= 4 is 33.0 Å². The Kier molecular flexibility index (Phi) is 5.24. The number of anilines is 1. The monoisotopic (exact) mass is 380 g/mol. The van der Waals surface area contributed by atoms with Crippen LogP contribution in [0.5, 0.6) is 0 Å². The van der Waals surface area contributed by atoms with Crippen molar-refractivity contribution in [2.75, 3.05) is 31.6 Å². The average molecular weight is 380 g/mol. The van der Waals surface area contributed by atoms with Crippen molar-refractivity contribution in [3.63, 3.8) is 0 Å². The standard InChI is InChI=1S/C17H20N2O4S2/c1-12-4-3-5-14(13(12)2)18-17(20)16-15(6-11-24-16)25(21,22)19-7-9-23-10-8-19/h3-6,11H,7-10H2,1-2H3,(H,18,20). The summed E-state index contributed by atoms with van der Waals surface area (Å²) in [5.74, 6) is -0.407. The maximum atomic E-state index is 12.8. The summed E-state index contributed by atoms with van der Waals surface area (Å²) in [6, 6.07) is 7.12. The summed E-state index contributed by atoms with van der Waals surface area (Å²) in [4.78, 5) is 12.9. The van der Waals surface area contributed by atoms with Gasteiger partial charge in [0.25, 0.3) is 5.91 Å². The Bertz CT molecular complexity index is 884. The number of aryl methyl sites for hydroxylation is 1. The molecule has 0 unspecified atom stereocenters. The molecule has 2 heterocycles. The molecule has 2 aromatic rings. The first-order valence-corrected chi connectivity index (χ1v) is 10.3. The fourth-order valence-electron chi connectivity index (χ4n) is 2.66. The lowest BCUT2D eigenvalue weighted by molar-refractivity contribution is 0.0730. The Hall–Kier alpha value is -1.74. The van der Waals surface area contributed by atoms with Crippen molar-refractivity contribution in [3.8, 4) is 0 Å². The first-order chi connectivity index (χ1) is 11.9. The van der Waals surface area contributed by atoms with Gasteiger partial charge in [-0.3, -0.25) is 4.79 Å². The third-order valence-corrected chi connectivity index (χ3v) is 7.26. The molecule has 0 saturated carbocycles. The highest BCUT2D eigenvalue weighted by Gasteiger charge is 2.31. The summed E-state index contributed by atoms with van der Waals surface area (Å²) in [6.07, 6.45) is 0. The Morgan fingerprint density at radius 2 is 1.92 bits per heavy atom. The smallest absolute Gasteiger partial charge is 0.267 e. The highest BCUT2D eigenvalue weighted by atomic mass is 32.2. The van der Waals surface area contributed by atoms with Gasteiger partial charge in [-0.2, -0.15) is 4.31 Å². The molecule has 25 heavy (non-hydrogen) atoms. The van der Waals surface area contributed by atoms with E-state index in [1.165, 1.54) is 10.4 Å². The summed E-state index contributed by atoms with van der Waals surface area (Å²) < 4.78 is 32.3. The number of hydrogen-bond donors (Lipinski definition) is 1. The van der Waals surface area contributed by atoms with E-state index in [9.17, 15) is 13.2 Å². The molecule has 0 radical (unpaired) electrons. The van der Waals surface area contributed by atoms with E-state index in [0.29, 0.717) is 32.0 Å². The second-order valence-electron chi connectivity index (χ2n) is 5.83. The SMILES string of the molecule is Cc1cccc(NC(=O)c2sccc2S(=O)(=O)N2CCOCC2)c1C. The van der Waals surface area contributed by atoms with Crippen LogP contribution in [-0.2, 0) is 14.8 Å². The normalized spacial score (nSPS) is 15.9. The molecule has 0 aliphatic carbocycles. The Morgan fingerprint density at radius 3 is 2.64 bits per heavy atom. The van der Waals surface area contributed by atoms with Crippen LogP contribution in [0.15, 0.2) is 34.5 Å². The molecule has 1 aromatic heterocycles. The minimum atomic E-state index is -3.70. The molecule has 1 amide bonds. The van der Waals surface area contributed by atoms with Gasteiger partial charge in [0.1, 0.15) is 9.77 Å². The van der Waals surface area contributed by atoms with Gasteiger partial charge in [0.05, 0.1) is 13.2 Å². The predicted octanol–water partition coefficient (Wildman–Crippen LogP) is 2.64. The van der Waals surface area contributed by atoms with Gasteiger partial charge in [0, 0.05) is 18.8 Å². The summed E-state index contributed by atoms with van der Waals surface area (Å²) >= 11 is 1.13. The van der Waals surface area contributed by atoms with E-state index >= 15 is 0 Å². The number of hydrogen-bond acceptors (Lipinski definition) is 5. The second kappa shape index (κ2) is 7.25. The number of rotatable bonds is 4. The maximum Gasteiger partial charge on any atom is 0.267 e. The fourth-order valence-corrected chi connectivity index (χ4v) is 5.36. The molecule has 1 aromatic carbocycles. The highest BCUT2D eigenvalue weighted by molar-refractivity contribution is 7.89. The number of benzene rings is 1. The van der Waals surface area contributed by atoms with Crippen LogP contribution in [-0.4, -0.2) is 44.9 Å². The number of ether oxygens (including phenoxy) is 1. The van der Waals surface area contributed by atoms with Crippen LogP contribution < -0.4 is 5.32 Å². The number of nitrogens with one attached hydrogen (secondary N) is 1. The largest absolute Gasteiger partial charge is 0.379 e. The second-order valence-corrected chi connectivity index (χ2v) is 8.65. The van der Waals surface area contributed by atoms with Gasteiger partial charge in [-0.25, -0.2) is 8.42 Å². The van der Waals surface area contributed by atoms with Gasteiger partial charge in [0.15, 0.2) is 0 Å². The van der Waals surface area contributed by atoms with Crippen LogP contribution >= 0.6 is 11.3 Å². The van der Waals surface area contributed by atoms with Crippen molar-refractivity contribution in [1.29, 1.82) is 0 Å². The number of amides is 1. The van der Waals surface area contributed by atoms with E-state index in [1.54, 1.807) is 5.38 Å². The first-order valence-electron chi connectivity index (χ1n) is 7.94. The third kappa shape index (κ3) is 3.62. The zero-order chi connectivity index (χ0) is 18.0. The predicted molar refractivity (Wildman–Crippen MR) is 97.8 cm³/mol. The molecule has 6 nitrogen and oxygen atoms in total. The van der Waals surface area contributed by atoms with Gasteiger partial charge >= 0.3 is 0 Å². The lowest BCUT2D eigenvalue weighted by Gasteiger charge is -2.26. The van der Waals surface area contributed by atoms with E-state index in [2.05, 4.69) is 5.32 Å². The van der Waals surface area contributed by atoms with Crippen molar-refractivity contribution in [2.45, 2.75) is 18.7 Å². The van der Waals surface area contributed by atoms with Crippen LogP contribution in [0, 0.1) is 13.8 Å². The molecule has 0 atom stereocenters. The van der Waals surface area contributed by atoms with Crippen molar-refractivity contribution < 1.29 is 17.9 Å². The maximum absolute atomic E-state index is 12.8. The molecule has 1 N–H and O–H groups in total. The molecule has 0 bridgehead atoms. The van der Waals surface area contributed by atoms with Crippen LogP contribution in [0.25, 0.3) is 0 Å². The summed E-state index contributed by atoms with van der Waals surface area (Å²) in [5, 5.41) is 4.46. The zero-order valence-electron chi connectivity index (χ0n) is 14.1. The van der Waals surface area contributed by atoms with Crippen LogP contribution in [0.4, 0.5) is 5.69 Å². The first kappa shape index (κ1) is 18.1. The number of nitrogens with zero attached hydrogens (tertiary/aromatic N) is 1. The summed E-state index contributed by atoms with van der Waals surface area (Å²) in [6.45, 7) is 5.22. The van der Waals surface area contributed by atoms with Crippen molar-refractivity contribution in [1.82, 2.24) is 4.31 Å². The van der Waals surface area contributed by atoms with Crippen LogP contribution in [0.1, 0.15) is 20.8 Å². The lowest BCUT2D eigenvalue weighted by atomic mass is 10.1. The Balaban J connectivity index is 1.88. The topological polar surface area (TPSA) is 75.7 Å². The minimum Gasteiger partial charge on any atom is -0.379 e. The molecule has 1 fully saturated rings. The third-order valence-electron chi connectivity index (χ3n) is 4.28. The molecule has 0 spiro atoms. The van der Waals surface area contributed by atoms with Crippen LogP contribution in [0.3, 0.4) is 0 Å². The van der Waals surface area contributed by atoms with Gasteiger partial charge in [-0.05, 0) is 42.5 Å². The minimum absolute atomic E-state index is 0.0576. The number of morpholine rings is 1. The fraction of sp³-hybridized carbons (Fsp3) is 0.353. The molecule has 1 aliphatic rings. The highest BCUT2D eigenvalue weighted by Crippen LogP contribution is 2.27. The Morgan fingerprint density at radius 1 is 1.20 bits per heavy atom. The quantitative estimate of drug-likeness (QED) is 0.885. The van der Waals surface area contributed by atoms with E-state index in [-0.39, 0.29) is 9.77 Å². The van der Waals surface area contributed by atoms with Gasteiger partial charge < -0.3 is 10.1 Å². The Labute approximate surface area is 151 Å². The van der Waals surface area contributed by atoms with E-state index in [0.717, 1.165) is 22.5 Å². The number of sulfonamides is 1. The number of carbonyl (C=O) groups excluding carboxylic acids is 1. The van der Waals surface area contributed by atoms with E-state index in [4.69, 9.17) is 4.74 Å². The number of carbonyl (C=O) groups is 1. The van der Waals surface area contributed by atoms with Gasteiger partial charge in [-0.1, -0.05) is 12.1 Å². The van der Waals surface area contributed by atoms with Crippen LogP contribution in [0.2, 0.25) is 0 Å². The molecule has 3 rings (SSSR count). The molecular formula is C17H20N2O4S2. The summed E-state index contributed by atoms with van der Waals surface area (Å²) in [7, 11) is -3.70. The molecular weight excluding hydrogens is 360 g/mol. The molecule has 1 aliphatic heterocycles. The zero-order valence-corrected chi connectivity index (χ0v) is 15.7.